The van der Waals surface area contributed by atoms with Crippen LogP contribution in [-0.4, -0.2) is 11.5 Å². The molecule has 2 aromatic rings. The van der Waals surface area contributed by atoms with Crippen LogP contribution >= 0.6 is 11.6 Å². The monoisotopic (exact) mass is 265 g/mol. The predicted molar refractivity (Wildman–Crippen MR) is 71.1 cm³/mol. The van der Waals surface area contributed by atoms with Crippen LogP contribution in [0.2, 0.25) is 5.02 Å². The lowest BCUT2D eigenvalue weighted by Gasteiger charge is -2.17. The molecule has 0 aliphatic rings. The van der Waals surface area contributed by atoms with Crippen molar-refractivity contribution in [1.82, 2.24) is 4.98 Å². The molecule has 2 rings (SSSR count). The molecule has 1 atom stereocenters. The molecule has 1 aromatic heterocycles. The van der Waals surface area contributed by atoms with E-state index in [0.29, 0.717) is 12.2 Å². The molecule has 1 aromatic carbocycles. The second-order valence-electron chi connectivity index (χ2n) is 3.82. The van der Waals surface area contributed by atoms with Crippen molar-refractivity contribution >= 4 is 17.3 Å². The van der Waals surface area contributed by atoms with Crippen LogP contribution in [0.5, 0.6) is 0 Å². The minimum Gasteiger partial charge on any atom is -0.375 e. The zero-order valence-corrected chi connectivity index (χ0v) is 10.4. The summed E-state index contributed by atoms with van der Waals surface area (Å²) in [5.74, 6) is -0.440. The first-order valence-corrected chi connectivity index (χ1v) is 5.91. The first-order chi connectivity index (χ1) is 8.70. The summed E-state index contributed by atoms with van der Waals surface area (Å²) in [6, 6.07) is 9.95. The topological polar surface area (TPSA) is 50.9 Å². The lowest BCUT2D eigenvalue weighted by Crippen LogP contribution is -2.21. The molecule has 0 aliphatic carbocycles. The molecular weight excluding hydrogens is 253 g/mol. The van der Waals surface area contributed by atoms with Crippen molar-refractivity contribution in [3.8, 4) is 0 Å². The van der Waals surface area contributed by atoms with E-state index in [2.05, 4.69) is 10.3 Å². The van der Waals surface area contributed by atoms with Gasteiger partial charge in [-0.05, 0) is 30.3 Å². The minimum absolute atomic E-state index is 0.0804. The number of nitrogens with one attached hydrogen (secondary N) is 1. The molecule has 0 spiro atoms. The molecule has 0 bridgehead atoms. The van der Waals surface area contributed by atoms with Gasteiger partial charge < -0.3 is 11.1 Å². The van der Waals surface area contributed by atoms with E-state index in [1.165, 1.54) is 12.1 Å². The third kappa shape index (κ3) is 2.97. The van der Waals surface area contributed by atoms with Gasteiger partial charge in [-0.1, -0.05) is 17.7 Å². The van der Waals surface area contributed by atoms with Gasteiger partial charge in [-0.15, -0.1) is 0 Å². The quantitative estimate of drug-likeness (QED) is 0.894. The molecule has 0 aliphatic heterocycles. The molecule has 0 amide bonds. The molecule has 3 nitrogen and oxygen atoms in total. The number of pyridine rings is 1. The number of hydrogen-bond donors (Lipinski definition) is 2. The SMILES string of the molecule is NCC(Nc1ccc(F)c(Cl)c1)c1ccccn1. The van der Waals surface area contributed by atoms with Crippen molar-refractivity contribution in [2.75, 3.05) is 11.9 Å². The van der Waals surface area contributed by atoms with Gasteiger partial charge in [0.15, 0.2) is 0 Å². The summed E-state index contributed by atoms with van der Waals surface area (Å²) < 4.78 is 13.0. The molecule has 1 heterocycles. The van der Waals surface area contributed by atoms with Gasteiger partial charge in [0.2, 0.25) is 0 Å². The highest BCUT2D eigenvalue weighted by atomic mass is 35.5. The normalized spacial score (nSPS) is 12.2. The fourth-order valence-corrected chi connectivity index (χ4v) is 1.80. The number of anilines is 1. The van der Waals surface area contributed by atoms with Crippen LogP contribution in [0.4, 0.5) is 10.1 Å². The molecule has 94 valence electrons. The van der Waals surface area contributed by atoms with E-state index < -0.39 is 5.82 Å². The van der Waals surface area contributed by atoms with Crippen LogP contribution in [0, 0.1) is 5.82 Å². The van der Waals surface area contributed by atoms with Crippen molar-refractivity contribution in [3.05, 3.63) is 59.1 Å². The van der Waals surface area contributed by atoms with Crippen LogP contribution in [0.3, 0.4) is 0 Å². The average molecular weight is 266 g/mol. The Hall–Kier alpha value is -1.65. The van der Waals surface area contributed by atoms with E-state index in [1.54, 1.807) is 12.3 Å². The Labute approximate surface area is 110 Å². The molecule has 18 heavy (non-hydrogen) atoms. The molecule has 5 heteroatoms. The number of nitrogens with two attached hydrogens (primary N) is 1. The van der Waals surface area contributed by atoms with E-state index in [4.69, 9.17) is 17.3 Å². The zero-order valence-electron chi connectivity index (χ0n) is 9.61. The number of benzene rings is 1. The van der Waals surface area contributed by atoms with Gasteiger partial charge in [-0.2, -0.15) is 0 Å². The first-order valence-electron chi connectivity index (χ1n) is 5.53. The second-order valence-corrected chi connectivity index (χ2v) is 4.22. The van der Waals surface area contributed by atoms with Crippen LogP contribution in [0.15, 0.2) is 42.6 Å². The number of hydrogen-bond acceptors (Lipinski definition) is 3. The number of aromatic nitrogens is 1. The van der Waals surface area contributed by atoms with Gasteiger partial charge in [0.25, 0.3) is 0 Å². The lowest BCUT2D eigenvalue weighted by atomic mass is 10.1. The Bertz CT molecular complexity index is 519. The molecule has 0 fully saturated rings. The number of nitrogens with zero attached hydrogens (tertiary/aromatic N) is 1. The summed E-state index contributed by atoms with van der Waals surface area (Å²) in [5.41, 5.74) is 7.26. The highest BCUT2D eigenvalue weighted by Crippen LogP contribution is 2.22. The Balaban J connectivity index is 2.18. The summed E-state index contributed by atoms with van der Waals surface area (Å²) in [7, 11) is 0. The minimum atomic E-state index is -0.440. The second kappa shape index (κ2) is 5.80. The van der Waals surface area contributed by atoms with E-state index >= 15 is 0 Å². The van der Waals surface area contributed by atoms with Crippen molar-refractivity contribution < 1.29 is 4.39 Å². The fourth-order valence-electron chi connectivity index (χ4n) is 1.62. The molecule has 0 saturated carbocycles. The van der Waals surface area contributed by atoms with Gasteiger partial charge in [0.05, 0.1) is 16.8 Å². The number of rotatable bonds is 4. The standard InChI is InChI=1S/C13H13ClFN3/c14-10-7-9(4-5-11(10)15)18-13(8-16)12-3-1-2-6-17-12/h1-7,13,18H,8,16H2. The Morgan fingerprint density at radius 3 is 2.78 bits per heavy atom. The smallest absolute Gasteiger partial charge is 0.141 e. The van der Waals surface area contributed by atoms with Crippen molar-refractivity contribution in [2.45, 2.75) is 6.04 Å². The first kappa shape index (κ1) is 12.8. The Kier molecular flexibility index (Phi) is 4.12. The summed E-state index contributed by atoms with van der Waals surface area (Å²) >= 11 is 5.72. The zero-order chi connectivity index (χ0) is 13.0. The molecule has 1 unspecified atom stereocenters. The van der Waals surface area contributed by atoms with E-state index in [-0.39, 0.29) is 11.1 Å². The van der Waals surface area contributed by atoms with Gasteiger partial charge >= 0.3 is 0 Å². The maximum atomic E-state index is 13.0. The van der Waals surface area contributed by atoms with Gasteiger partial charge in [-0.3, -0.25) is 4.98 Å². The van der Waals surface area contributed by atoms with Crippen LogP contribution in [0.25, 0.3) is 0 Å². The molecule has 0 saturated heterocycles. The largest absolute Gasteiger partial charge is 0.375 e. The van der Waals surface area contributed by atoms with E-state index in [1.807, 2.05) is 18.2 Å². The van der Waals surface area contributed by atoms with Crippen molar-refractivity contribution in [3.63, 3.8) is 0 Å². The third-order valence-electron chi connectivity index (χ3n) is 2.54. The molecule has 0 radical (unpaired) electrons. The van der Waals surface area contributed by atoms with Crippen LogP contribution in [-0.2, 0) is 0 Å². The van der Waals surface area contributed by atoms with E-state index in [9.17, 15) is 4.39 Å². The molecular formula is C13H13ClFN3. The van der Waals surface area contributed by atoms with Gasteiger partial charge in [-0.25, -0.2) is 4.39 Å². The maximum absolute atomic E-state index is 13.0. The fraction of sp³-hybridized carbons (Fsp3) is 0.154. The summed E-state index contributed by atoms with van der Waals surface area (Å²) in [5, 5.41) is 3.25. The van der Waals surface area contributed by atoms with Crippen LogP contribution in [0.1, 0.15) is 11.7 Å². The highest BCUT2D eigenvalue weighted by Gasteiger charge is 2.11. The lowest BCUT2D eigenvalue weighted by molar-refractivity contribution is 0.628. The number of halogens is 2. The summed E-state index contributed by atoms with van der Waals surface area (Å²) in [6.07, 6.45) is 1.71. The van der Waals surface area contributed by atoms with Gasteiger partial charge in [0.1, 0.15) is 5.82 Å². The van der Waals surface area contributed by atoms with Crippen molar-refractivity contribution in [2.24, 2.45) is 5.73 Å². The third-order valence-corrected chi connectivity index (χ3v) is 2.83. The average Bonchev–Trinajstić information content (AvgIpc) is 2.41. The van der Waals surface area contributed by atoms with Gasteiger partial charge in [0, 0.05) is 18.4 Å². The van der Waals surface area contributed by atoms with Crippen molar-refractivity contribution in [1.29, 1.82) is 0 Å². The summed E-state index contributed by atoms with van der Waals surface area (Å²) in [6.45, 7) is 0.381. The maximum Gasteiger partial charge on any atom is 0.141 e. The van der Waals surface area contributed by atoms with E-state index in [0.717, 1.165) is 5.69 Å². The Morgan fingerprint density at radius 1 is 1.33 bits per heavy atom. The predicted octanol–water partition coefficient (Wildman–Crippen LogP) is 2.99. The molecule has 3 N–H and O–H groups in total. The highest BCUT2D eigenvalue weighted by molar-refractivity contribution is 6.31. The summed E-state index contributed by atoms with van der Waals surface area (Å²) in [4.78, 5) is 4.24. The van der Waals surface area contributed by atoms with Crippen LogP contribution < -0.4 is 11.1 Å². The Morgan fingerprint density at radius 2 is 2.17 bits per heavy atom.